The number of H-pyrrole nitrogens is 1. The van der Waals surface area contributed by atoms with Crippen molar-refractivity contribution in [2.45, 2.75) is 0 Å². The molecule has 0 bridgehead atoms. The molecule has 0 aliphatic rings. The summed E-state index contributed by atoms with van der Waals surface area (Å²) in [4.78, 5) is 3.85. The zero-order chi connectivity index (χ0) is 6.97. The van der Waals surface area contributed by atoms with Gasteiger partial charge in [-0.25, -0.2) is 0 Å². The van der Waals surface area contributed by atoms with Crippen LogP contribution in [0.3, 0.4) is 0 Å². The van der Waals surface area contributed by atoms with E-state index in [2.05, 4.69) is 21.4 Å². The molecule has 0 saturated heterocycles. The minimum absolute atomic E-state index is 0. The Morgan fingerprint density at radius 2 is 2.36 bits per heavy atom. The van der Waals surface area contributed by atoms with Crippen LogP contribution in [0.1, 0.15) is 0 Å². The van der Waals surface area contributed by atoms with Crippen LogP contribution in [0, 0.1) is 6.20 Å². The molecule has 0 aliphatic carbocycles. The fourth-order valence-electron chi connectivity index (χ4n) is 0.760. The van der Waals surface area contributed by atoms with E-state index in [4.69, 9.17) is 11.6 Å². The van der Waals surface area contributed by atoms with Gasteiger partial charge in [0.2, 0.25) is 0 Å². The van der Waals surface area contributed by atoms with Crippen LogP contribution >= 0.6 is 11.6 Å². The van der Waals surface area contributed by atoms with Gasteiger partial charge in [-0.3, -0.25) is 5.10 Å². The number of hydrogen-bond donors (Lipinski definition) is 1. The van der Waals surface area contributed by atoms with Crippen molar-refractivity contribution >= 4 is 22.5 Å². The molecule has 0 amide bonds. The van der Waals surface area contributed by atoms with E-state index in [1.807, 2.05) is 0 Å². The van der Waals surface area contributed by atoms with Gasteiger partial charge in [0.15, 0.2) is 0 Å². The Bertz CT molecular complexity index is 359. The van der Waals surface area contributed by atoms with E-state index in [-0.39, 0.29) is 32.7 Å². The Morgan fingerprint density at radius 1 is 1.55 bits per heavy atom. The minimum Gasteiger partial charge on any atom is -0.344 e. The molecule has 1 N–H and O–H groups in total. The normalized spacial score (nSPS) is 9.55. The summed E-state index contributed by atoms with van der Waals surface area (Å²) in [6.07, 6.45) is 4.35. The third-order valence-electron chi connectivity index (χ3n) is 1.22. The second kappa shape index (κ2) is 3.61. The van der Waals surface area contributed by atoms with E-state index in [1.165, 1.54) is 0 Å². The molecule has 11 heavy (non-hydrogen) atoms. The predicted octanol–water partition coefficient (Wildman–Crippen LogP) is 1.41. The molecule has 2 aromatic rings. The zero-order valence-corrected chi connectivity index (χ0v) is 9.10. The summed E-state index contributed by atoms with van der Waals surface area (Å²) in [5.74, 6) is 0. The van der Waals surface area contributed by atoms with Gasteiger partial charge in [-0.2, -0.15) is 0 Å². The quantitative estimate of drug-likeness (QED) is 0.560. The van der Waals surface area contributed by atoms with E-state index in [0.717, 1.165) is 10.9 Å². The Kier molecular flexibility index (Phi) is 2.99. The van der Waals surface area contributed by atoms with Gasteiger partial charge in [-0.05, 0) is 11.7 Å². The Balaban J connectivity index is 0.000000605. The van der Waals surface area contributed by atoms with Gasteiger partial charge in [-0.15, -0.1) is 5.39 Å². The predicted molar refractivity (Wildman–Crippen MR) is 37.7 cm³/mol. The largest absolute Gasteiger partial charge is 0.344 e. The number of rotatable bonds is 0. The minimum atomic E-state index is 0. The first-order chi connectivity index (χ1) is 4.86. The van der Waals surface area contributed by atoms with Crippen molar-refractivity contribution < 1.29 is 32.7 Å². The van der Waals surface area contributed by atoms with Crippen LogP contribution in [0.15, 0.2) is 12.3 Å². The number of aromatic nitrogens is 3. The van der Waals surface area contributed by atoms with Crippen molar-refractivity contribution in [2.75, 3.05) is 0 Å². The first kappa shape index (κ1) is 9.10. The summed E-state index contributed by atoms with van der Waals surface area (Å²) in [6, 6.07) is 1.71. The first-order valence-electron chi connectivity index (χ1n) is 2.73. The fraction of sp³-hybridized carbons (Fsp3) is 0. The molecule has 1 radical (unpaired) electrons. The number of hydrogen-bond acceptors (Lipinski definition) is 2. The van der Waals surface area contributed by atoms with E-state index < -0.39 is 0 Å². The maximum absolute atomic E-state index is 5.60. The molecule has 0 aliphatic heterocycles. The summed E-state index contributed by atoms with van der Waals surface area (Å²) >= 11 is 5.60. The van der Waals surface area contributed by atoms with Gasteiger partial charge in [0.25, 0.3) is 0 Å². The van der Waals surface area contributed by atoms with E-state index in [9.17, 15) is 0 Å². The van der Waals surface area contributed by atoms with Crippen LogP contribution in [-0.4, -0.2) is 15.2 Å². The average Bonchev–Trinajstić information content (AvgIpc) is 2.33. The monoisotopic (exact) mass is 241 g/mol. The van der Waals surface area contributed by atoms with Crippen molar-refractivity contribution in [1.29, 1.82) is 0 Å². The average molecular weight is 241 g/mol. The summed E-state index contributed by atoms with van der Waals surface area (Å²) < 4.78 is 0. The van der Waals surface area contributed by atoms with E-state index in [1.54, 1.807) is 12.3 Å². The van der Waals surface area contributed by atoms with Gasteiger partial charge < -0.3 is 10.1 Å². The maximum Gasteiger partial charge on any atom is 0.105 e. The summed E-state index contributed by atoms with van der Waals surface area (Å²) in [6.45, 7) is 0. The number of pyridine rings is 1. The van der Waals surface area contributed by atoms with Crippen molar-refractivity contribution in [3.63, 3.8) is 0 Å². The molecule has 0 aromatic carbocycles. The molecule has 2 aromatic heterocycles. The summed E-state index contributed by atoms with van der Waals surface area (Å²) in [5.41, 5.74) is 0.861. The molecule has 0 fully saturated rings. The standard InChI is InChI=1S/C6H3ClN3.Y/c7-6-1-5-4(2-8-6)3-9-10-5;/h1-2H,(H,9,10);/q-1;. The molecule has 3 nitrogen and oxygen atoms in total. The van der Waals surface area contributed by atoms with Crippen molar-refractivity contribution in [2.24, 2.45) is 0 Å². The molecule has 53 valence electrons. The molecule has 0 unspecified atom stereocenters. The second-order valence-electron chi connectivity index (χ2n) is 1.89. The summed E-state index contributed by atoms with van der Waals surface area (Å²) in [7, 11) is 0. The molecule has 0 saturated carbocycles. The molecule has 0 atom stereocenters. The molecular weight excluding hydrogens is 238 g/mol. The Hall–Kier alpha value is 0.0139. The Labute approximate surface area is 93.4 Å². The molecule has 2 heterocycles. The van der Waals surface area contributed by atoms with Gasteiger partial charge in [0.1, 0.15) is 5.15 Å². The maximum atomic E-state index is 5.60. The molecular formula is C6H3ClN3Y-. The van der Waals surface area contributed by atoms with Crippen molar-refractivity contribution in [3.8, 4) is 0 Å². The van der Waals surface area contributed by atoms with E-state index >= 15 is 0 Å². The smallest absolute Gasteiger partial charge is 0.105 e. The van der Waals surface area contributed by atoms with Crippen molar-refractivity contribution in [3.05, 3.63) is 23.6 Å². The molecule has 2 rings (SSSR count). The number of halogens is 1. The van der Waals surface area contributed by atoms with Crippen LogP contribution in [-0.2, 0) is 32.7 Å². The second-order valence-corrected chi connectivity index (χ2v) is 2.28. The van der Waals surface area contributed by atoms with E-state index in [0.29, 0.717) is 5.15 Å². The Morgan fingerprint density at radius 3 is 3.18 bits per heavy atom. The van der Waals surface area contributed by atoms with Crippen molar-refractivity contribution in [1.82, 2.24) is 15.2 Å². The number of aromatic amines is 1. The number of nitrogens with zero attached hydrogens (tertiary/aromatic N) is 2. The first-order valence-corrected chi connectivity index (χ1v) is 3.11. The topological polar surface area (TPSA) is 41.6 Å². The van der Waals surface area contributed by atoms with Gasteiger partial charge in [0, 0.05) is 32.7 Å². The van der Waals surface area contributed by atoms with Crippen LogP contribution in [0.25, 0.3) is 10.9 Å². The molecule has 0 spiro atoms. The van der Waals surface area contributed by atoms with Crippen LogP contribution in [0.2, 0.25) is 5.15 Å². The number of fused-ring (bicyclic) bond motifs is 1. The van der Waals surface area contributed by atoms with Gasteiger partial charge in [-0.1, -0.05) is 23.9 Å². The van der Waals surface area contributed by atoms with Crippen LogP contribution in [0.4, 0.5) is 0 Å². The van der Waals surface area contributed by atoms with Gasteiger partial charge in [0.05, 0.1) is 0 Å². The number of nitrogens with one attached hydrogen (secondary N) is 1. The third-order valence-corrected chi connectivity index (χ3v) is 1.43. The van der Waals surface area contributed by atoms with Crippen LogP contribution in [0.5, 0.6) is 0 Å². The summed E-state index contributed by atoms with van der Waals surface area (Å²) in [5, 5.41) is 7.74. The van der Waals surface area contributed by atoms with Gasteiger partial charge >= 0.3 is 0 Å². The zero-order valence-electron chi connectivity index (χ0n) is 5.50. The SMILES string of the molecule is Clc1cc2[nH]n[c-]c2cn1.[Y]. The molecule has 5 heteroatoms. The third kappa shape index (κ3) is 1.78. The van der Waals surface area contributed by atoms with Crippen LogP contribution < -0.4 is 0 Å². The fourth-order valence-corrected chi connectivity index (χ4v) is 0.918.